The summed E-state index contributed by atoms with van der Waals surface area (Å²) in [5, 5.41) is 7.42. The highest BCUT2D eigenvalue weighted by atomic mass is 32.2. The minimum absolute atomic E-state index is 0.117. The Labute approximate surface area is 211 Å². The van der Waals surface area contributed by atoms with Crippen LogP contribution in [0.1, 0.15) is 38.3 Å². The summed E-state index contributed by atoms with van der Waals surface area (Å²) in [6.07, 6.45) is 1.08. The fraction of sp³-hybridized carbons (Fsp3) is 0.407. The summed E-state index contributed by atoms with van der Waals surface area (Å²) in [6.45, 7) is 5.34. The molecule has 0 heterocycles. The minimum Gasteiger partial charge on any atom is -0.357 e. The molecule has 0 spiro atoms. The van der Waals surface area contributed by atoms with Crippen molar-refractivity contribution in [2.24, 2.45) is 5.92 Å². The number of carbonyl (C=O) groups is 4. The lowest BCUT2D eigenvalue weighted by Gasteiger charge is -2.25. The highest BCUT2D eigenvalue weighted by Crippen LogP contribution is 2.19. The third-order valence-corrected chi connectivity index (χ3v) is 6.36. The van der Waals surface area contributed by atoms with Crippen LogP contribution in [0.5, 0.6) is 0 Å². The summed E-state index contributed by atoms with van der Waals surface area (Å²) >= 11 is 0.953. The third kappa shape index (κ3) is 9.94. The standard InChI is InChI=1S/C27H35N3O4S/c1-18(2)15-22(26(33)29-23(25(32)28-4)16-20-11-7-5-8-12-20)30-27(34)24(35-19(3)31)17-21-13-9-6-10-14-21/h5-14,18,22-24H,15-17H2,1-4H3,(H,28,32)(H,29,33)(H,30,34)/t22-,23-,24?/m0/s1. The van der Waals surface area contributed by atoms with Crippen LogP contribution in [0.15, 0.2) is 60.7 Å². The molecule has 0 aliphatic carbocycles. The van der Waals surface area contributed by atoms with E-state index in [1.54, 1.807) is 0 Å². The maximum Gasteiger partial charge on any atom is 0.243 e. The Balaban J connectivity index is 2.17. The van der Waals surface area contributed by atoms with Gasteiger partial charge >= 0.3 is 0 Å². The molecule has 0 aliphatic rings. The number of nitrogens with one attached hydrogen (secondary N) is 3. The summed E-state index contributed by atoms with van der Waals surface area (Å²) < 4.78 is 0. The smallest absolute Gasteiger partial charge is 0.243 e. The minimum atomic E-state index is -0.837. The van der Waals surface area contributed by atoms with E-state index in [4.69, 9.17) is 0 Å². The van der Waals surface area contributed by atoms with E-state index in [-0.39, 0.29) is 22.8 Å². The Hall–Kier alpha value is -3.13. The van der Waals surface area contributed by atoms with Crippen LogP contribution < -0.4 is 16.0 Å². The van der Waals surface area contributed by atoms with Gasteiger partial charge in [-0.3, -0.25) is 19.2 Å². The fourth-order valence-corrected chi connectivity index (χ4v) is 4.54. The van der Waals surface area contributed by atoms with E-state index in [2.05, 4.69) is 16.0 Å². The van der Waals surface area contributed by atoms with Crippen molar-refractivity contribution in [3.05, 3.63) is 71.8 Å². The van der Waals surface area contributed by atoms with Gasteiger partial charge in [-0.15, -0.1) is 0 Å². The van der Waals surface area contributed by atoms with Crippen LogP contribution in [0.3, 0.4) is 0 Å². The van der Waals surface area contributed by atoms with Gasteiger partial charge < -0.3 is 16.0 Å². The van der Waals surface area contributed by atoms with Gasteiger partial charge in [-0.05, 0) is 29.9 Å². The number of hydrogen-bond acceptors (Lipinski definition) is 5. The van der Waals surface area contributed by atoms with E-state index in [9.17, 15) is 19.2 Å². The van der Waals surface area contributed by atoms with Gasteiger partial charge in [0.05, 0.1) is 5.25 Å². The zero-order valence-corrected chi connectivity index (χ0v) is 21.6. The topological polar surface area (TPSA) is 104 Å². The van der Waals surface area contributed by atoms with Gasteiger partial charge in [0.25, 0.3) is 0 Å². The monoisotopic (exact) mass is 497 g/mol. The molecule has 7 nitrogen and oxygen atoms in total. The second kappa shape index (κ2) is 14.3. The average Bonchev–Trinajstić information content (AvgIpc) is 2.83. The van der Waals surface area contributed by atoms with Crippen LogP contribution in [0, 0.1) is 5.92 Å². The van der Waals surface area contributed by atoms with Crippen molar-refractivity contribution >= 4 is 34.6 Å². The molecule has 0 aromatic heterocycles. The van der Waals surface area contributed by atoms with Gasteiger partial charge in [0.2, 0.25) is 17.7 Å². The quantitative estimate of drug-likeness (QED) is 0.418. The molecule has 3 N–H and O–H groups in total. The van der Waals surface area contributed by atoms with Crippen LogP contribution in [-0.4, -0.2) is 47.2 Å². The predicted octanol–water partition coefficient (Wildman–Crippen LogP) is 2.88. The van der Waals surface area contributed by atoms with Gasteiger partial charge in [-0.25, -0.2) is 0 Å². The molecule has 0 radical (unpaired) electrons. The molecule has 0 bridgehead atoms. The highest BCUT2D eigenvalue weighted by molar-refractivity contribution is 8.14. The average molecular weight is 498 g/mol. The molecule has 35 heavy (non-hydrogen) atoms. The summed E-state index contributed by atoms with van der Waals surface area (Å²) in [6, 6.07) is 17.2. The molecule has 0 fully saturated rings. The molecule has 3 amide bonds. The summed E-state index contributed by atoms with van der Waals surface area (Å²) in [5.74, 6) is -1.00. The lowest BCUT2D eigenvalue weighted by molar-refractivity contribution is -0.132. The predicted molar refractivity (Wildman–Crippen MR) is 140 cm³/mol. The van der Waals surface area contributed by atoms with E-state index in [1.165, 1.54) is 14.0 Å². The molecular formula is C27H35N3O4S. The zero-order valence-electron chi connectivity index (χ0n) is 20.7. The van der Waals surface area contributed by atoms with Crippen molar-refractivity contribution < 1.29 is 19.2 Å². The Kier molecular flexibility index (Phi) is 11.5. The summed E-state index contributed by atoms with van der Waals surface area (Å²) in [4.78, 5) is 50.8. The van der Waals surface area contributed by atoms with E-state index < -0.39 is 23.2 Å². The van der Waals surface area contributed by atoms with E-state index in [1.807, 2.05) is 74.5 Å². The molecule has 2 rings (SSSR count). The maximum absolute atomic E-state index is 13.3. The van der Waals surface area contributed by atoms with Crippen molar-refractivity contribution in [3.63, 3.8) is 0 Å². The number of likely N-dealkylation sites (N-methyl/N-ethyl adjacent to an activating group) is 1. The Morgan fingerprint density at radius 1 is 0.743 bits per heavy atom. The maximum atomic E-state index is 13.3. The number of benzene rings is 2. The summed E-state index contributed by atoms with van der Waals surface area (Å²) in [7, 11) is 1.52. The lowest BCUT2D eigenvalue weighted by atomic mass is 10.0. The van der Waals surface area contributed by atoms with Crippen molar-refractivity contribution in [1.82, 2.24) is 16.0 Å². The first-order valence-electron chi connectivity index (χ1n) is 11.8. The number of amides is 3. The Morgan fingerprint density at radius 2 is 1.26 bits per heavy atom. The Morgan fingerprint density at radius 3 is 1.74 bits per heavy atom. The first kappa shape index (κ1) is 28.1. The fourth-order valence-electron chi connectivity index (χ4n) is 3.69. The molecule has 1 unspecified atom stereocenters. The molecule has 0 saturated heterocycles. The van der Waals surface area contributed by atoms with Crippen LogP contribution in [0.2, 0.25) is 0 Å². The van der Waals surface area contributed by atoms with Gasteiger partial charge in [-0.2, -0.15) is 0 Å². The van der Waals surface area contributed by atoms with Gasteiger partial charge in [0.1, 0.15) is 12.1 Å². The molecule has 188 valence electrons. The molecule has 0 saturated carbocycles. The van der Waals surface area contributed by atoms with Crippen LogP contribution >= 0.6 is 11.8 Å². The number of carbonyl (C=O) groups excluding carboxylic acids is 4. The second-order valence-electron chi connectivity index (χ2n) is 8.84. The van der Waals surface area contributed by atoms with Crippen LogP contribution in [0.4, 0.5) is 0 Å². The van der Waals surface area contributed by atoms with Crippen molar-refractivity contribution in [3.8, 4) is 0 Å². The molecule has 0 aliphatic heterocycles. The first-order chi connectivity index (χ1) is 16.7. The zero-order chi connectivity index (χ0) is 25.8. The molecule has 2 aromatic rings. The van der Waals surface area contributed by atoms with Crippen LogP contribution in [0.25, 0.3) is 0 Å². The summed E-state index contributed by atoms with van der Waals surface area (Å²) in [5.41, 5.74) is 1.83. The molecule has 8 heteroatoms. The second-order valence-corrected chi connectivity index (χ2v) is 10.2. The highest BCUT2D eigenvalue weighted by Gasteiger charge is 2.30. The number of rotatable bonds is 12. The SMILES string of the molecule is CNC(=O)[C@H](Cc1ccccc1)NC(=O)[C@H](CC(C)C)NC(=O)C(Cc1ccccc1)SC(C)=O. The largest absolute Gasteiger partial charge is 0.357 e. The number of thioether (sulfide) groups is 1. The van der Waals surface area contributed by atoms with Gasteiger partial charge in [-0.1, -0.05) is 86.3 Å². The normalized spacial score (nSPS) is 13.4. The van der Waals surface area contributed by atoms with Gasteiger partial charge in [0.15, 0.2) is 5.12 Å². The van der Waals surface area contributed by atoms with Crippen molar-refractivity contribution in [1.29, 1.82) is 0 Å². The van der Waals surface area contributed by atoms with E-state index in [0.29, 0.717) is 19.3 Å². The molecule has 2 aromatic carbocycles. The van der Waals surface area contributed by atoms with Crippen molar-refractivity contribution in [2.75, 3.05) is 7.05 Å². The van der Waals surface area contributed by atoms with E-state index >= 15 is 0 Å². The van der Waals surface area contributed by atoms with Gasteiger partial charge in [0, 0.05) is 20.4 Å². The lowest BCUT2D eigenvalue weighted by Crippen LogP contribution is -2.55. The number of hydrogen-bond donors (Lipinski definition) is 3. The molecule has 3 atom stereocenters. The first-order valence-corrected chi connectivity index (χ1v) is 12.6. The third-order valence-electron chi connectivity index (χ3n) is 5.37. The van der Waals surface area contributed by atoms with Crippen LogP contribution in [-0.2, 0) is 32.0 Å². The molecular weight excluding hydrogens is 462 g/mol. The van der Waals surface area contributed by atoms with Crippen molar-refractivity contribution in [2.45, 2.75) is 57.4 Å². The van der Waals surface area contributed by atoms with E-state index in [0.717, 1.165) is 22.9 Å². The Bertz CT molecular complexity index is 982.